The molecule has 21 heavy (non-hydrogen) atoms. The lowest BCUT2D eigenvalue weighted by atomic mass is 10.1. The fourth-order valence-corrected chi connectivity index (χ4v) is 2.06. The van der Waals surface area contributed by atoms with Crippen LogP contribution < -0.4 is 5.32 Å². The Labute approximate surface area is 121 Å². The summed E-state index contributed by atoms with van der Waals surface area (Å²) in [5.41, 5.74) is 2.42. The number of aromatic nitrogens is 1. The van der Waals surface area contributed by atoms with Gasteiger partial charge in [-0.2, -0.15) is 0 Å². The number of hydrogen-bond donors (Lipinski definition) is 3. The van der Waals surface area contributed by atoms with Gasteiger partial charge in [-0.25, -0.2) is 4.98 Å². The Balaban J connectivity index is 1.77. The molecule has 0 spiro atoms. The van der Waals surface area contributed by atoms with Gasteiger partial charge in [0.1, 0.15) is 0 Å². The van der Waals surface area contributed by atoms with Crippen molar-refractivity contribution in [2.24, 2.45) is 0 Å². The van der Waals surface area contributed by atoms with E-state index in [-0.39, 0.29) is 11.5 Å². The highest BCUT2D eigenvalue weighted by Crippen LogP contribution is 2.29. The number of hydrogen-bond acceptors (Lipinski definition) is 5. The van der Waals surface area contributed by atoms with E-state index in [9.17, 15) is 10.2 Å². The van der Waals surface area contributed by atoms with Crippen LogP contribution in [0.1, 0.15) is 5.56 Å². The fourth-order valence-electron chi connectivity index (χ4n) is 2.06. The molecule has 5 heteroatoms. The minimum Gasteiger partial charge on any atom is -0.504 e. The molecule has 1 heterocycles. The minimum absolute atomic E-state index is 0.101. The molecule has 0 amide bonds. The zero-order valence-electron chi connectivity index (χ0n) is 11.2. The van der Waals surface area contributed by atoms with Gasteiger partial charge in [-0.15, -0.1) is 0 Å². The molecule has 106 valence electrons. The average Bonchev–Trinajstić information content (AvgIpc) is 3.03. The maximum atomic E-state index is 9.77. The molecule has 0 saturated heterocycles. The van der Waals surface area contributed by atoms with Crippen molar-refractivity contribution < 1.29 is 14.6 Å². The van der Waals surface area contributed by atoms with Crippen LogP contribution >= 0.6 is 0 Å². The van der Waals surface area contributed by atoms with Gasteiger partial charge in [0.05, 0.1) is 6.20 Å². The van der Waals surface area contributed by atoms with Gasteiger partial charge in [0.2, 0.25) is 0 Å². The lowest BCUT2D eigenvalue weighted by molar-refractivity contribution is 0.400. The largest absolute Gasteiger partial charge is 0.504 e. The van der Waals surface area contributed by atoms with Gasteiger partial charge in [0, 0.05) is 23.4 Å². The van der Waals surface area contributed by atoms with E-state index < -0.39 is 0 Å². The third-order valence-corrected chi connectivity index (χ3v) is 3.16. The van der Waals surface area contributed by atoms with E-state index in [1.807, 2.05) is 24.3 Å². The quantitative estimate of drug-likeness (QED) is 0.639. The Morgan fingerprint density at radius 3 is 2.76 bits per heavy atom. The second kappa shape index (κ2) is 5.58. The SMILES string of the molecule is Oc1cccc(CNc2cccc(-c3cnco3)c2)c1O. The highest BCUT2D eigenvalue weighted by atomic mass is 16.3. The van der Waals surface area contributed by atoms with E-state index in [2.05, 4.69) is 10.3 Å². The van der Waals surface area contributed by atoms with Gasteiger partial charge in [-0.05, 0) is 18.2 Å². The van der Waals surface area contributed by atoms with Gasteiger partial charge in [-0.1, -0.05) is 24.3 Å². The molecule has 0 aliphatic rings. The van der Waals surface area contributed by atoms with Crippen LogP contribution in [0.4, 0.5) is 5.69 Å². The van der Waals surface area contributed by atoms with Crippen molar-refractivity contribution in [1.82, 2.24) is 4.98 Å². The molecule has 0 fully saturated rings. The van der Waals surface area contributed by atoms with Crippen molar-refractivity contribution in [3.8, 4) is 22.8 Å². The molecule has 3 rings (SSSR count). The molecule has 0 saturated carbocycles. The number of para-hydroxylation sites is 1. The molecular weight excluding hydrogens is 268 g/mol. The topological polar surface area (TPSA) is 78.5 Å². The predicted molar refractivity (Wildman–Crippen MR) is 79.0 cm³/mol. The zero-order chi connectivity index (χ0) is 14.7. The Bertz CT molecular complexity index is 739. The smallest absolute Gasteiger partial charge is 0.181 e. The molecule has 3 aromatic rings. The Hall–Kier alpha value is -2.95. The number of benzene rings is 2. The van der Waals surface area contributed by atoms with Crippen molar-refractivity contribution in [2.45, 2.75) is 6.54 Å². The lowest BCUT2D eigenvalue weighted by Crippen LogP contribution is -1.99. The summed E-state index contributed by atoms with van der Waals surface area (Å²) in [6, 6.07) is 12.6. The van der Waals surface area contributed by atoms with E-state index in [1.165, 1.54) is 12.5 Å². The monoisotopic (exact) mass is 282 g/mol. The number of phenols is 2. The summed E-state index contributed by atoms with van der Waals surface area (Å²) in [4.78, 5) is 3.90. The molecule has 0 bridgehead atoms. The molecule has 2 aromatic carbocycles. The molecule has 3 N–H and O–H groups in total. The summed E-state index contributed by atoms with van der Waals surface area (Å²) in [7, 11) is 0. The number of anilines is 1. The minimum atomic E-state index is -0.121. The number of nitrogens with one attached hydrogen (secondary N) is 1. The molecule has 0 atom stereocenters. The van der Waals surface area contributed by atoms with Crippen LogP contribution in [0.2, 0.25) is 0 Å². The van der Waals surface area contributed by atoms with E-state index in [0.29, 0.717) is 17.9 Å². The summed E-state index contributed by atoms with van der Waals surface area (Å²) in [6.45, 7) is 0.403. The number of nitrogens with zero attached hydrogens (tertiary/aromatic N) is 1. The molecule has 0 unspecified atom stereocenters. The van der Waals surface area contributed by atoms with Crippen LogP contribution in [0.15, 0.2) is 59.5 Å². The van der Waals surface area contributed by atoms with Crippen molar-refractivity contribution in [3.63, 3.8) is 0 Å². The van der Waals surface area contributed by atoms with Crippen molar-refractivity contribution in [1.29, 1.82) is 0 Å². The first kappa shape index (κ1) is 13.1. The summed E-state index contributed by atoms with van der Waals surface area (Å²) in [5, 5.41) is 22.4. The number of oxazole rings is 1. The van der Waals surface area contributed by atoms with E-state index in [4.69, 9.17) is 4.42 Å². The standard InChI is InChI=1S/C16H14N2O3/c19-14-6-2-4-12(16(14)20)8-18-13-5-1-3-11(7-13)15-9-17-10-21-15/h1-7,9-10,18-20H,8H2. The Kier molecular flexibility index (Phi) is 3.47. The lowest BCUT2D eigenvalue weighted by Gasteiger charge is -2.09. The summed E-state index contributed by atoms with van der Waals surface area (Å²) in [6.07, 6.45) is 3.04. The van der Waals surface area contributed by atoms with Crippen LogP contribution in [0.3, 0.4) is 0 Å². The first-order valence-electron chi connectivity index (χ1n) is 6.46. The summed E-state index contributed by atoms with van der Waals surface area (Å²) in [5.74, 6) is 0.472. The zero-order valence-corrected chi connectivity index (χ0v) is 11.2. The normalized spacial score (nSPS) is 10.5. The molecule has 0 aliphatic heterocycles. The third-order valence-electron chi connectivity index (χ3n) is 3.16. The van der Waals surface area contributed by atoms with E-state index in [0.717, 1.165) is 11.3 Å². The van der Waals surface area contributed by atoms with Crippen molar-refractivity contribution >= 4 is 5.69 Å². The maximum absolute atomic E-state index is 9.77. The molecule has 0 radical (unpaired) electrons. The second-order valence-corrected chi connectivity index (χ2v) is 4.58. The van der Waals surface area contributed by atoms with Gasteiger partial charge < -0.3 is 19.9 Å². The summed E-state index contributed by atoms with van der Waals surface area (Å²) < 4.78 is 5.26. The van der Waals surface area contributed by atoms with Crippen LogP contribution in [0.5, 0.6) is 11.5 Å². The van der Waals surface area contributed by atoms with E-state index in [1.54, 1.807) is 18.3 Å². The molecular formula is C16H14N2O3. The maximum Gasteiger partial charge on any atom is 0.181 e. The molecule has 5 nitrogen and oxygen atoms in total. The Morgan fingerprint density at radius 1 is 1.10 bits per heavy atom. The highest BCUT2D eigenvalue weighted by molar-refractivity contribution is 5.63. The van der Waals surface area contributed by atoms with Crippen LogP contribution in [0, 0.1) is 0 Å². The first-order chi connectivity index (χ1) is 10.2. The van der Waals surface area contributed by atoms with E-state index >= 15 is 0 Å². The number of phenolic OH excluding ortho intramolecular Hbond substituents is 2. The highest BCUT2D eigenvalue weighted by Gasteiger charge is 2.06. The van der Waals surface area contributed by atoms with Crippen LogP contribution in [-0.2, 0) is 6.54 Å². The number of rotatable bonds is 4. The summed E-state index contributed by atoms with van der Waals surface area (Å²) >= 11 is 0. The Morgan fingerprint density at radius 2 is 1.95 bits per heavy atom. The molecule has 0 aliphatic carbocycles. The van der Waals surface area contributed by atoms with Gasteiger partial charge in [0.15, 0.2) is 23.7 Å². The second-order valence-electron chi connectivity index (χ2n) is 4.58. The van der Waals surface area contributed by atoms with Crippen LogP contribution in [0.25, 0.3) is 11.3 Å². The molecule has 1 aromatic heterocycles. The average molecular weight is 282 g/mol. The first-order valence-corrected chi connectivity index (χ1v) is 6.46. The van der Waals surface area contributed by atoms with Gasteiger partial charge in [-0.3, -0.25) is 0 Å². The third kappa shape index (κ3) is 2.81. The number of aromatic hydroxyl groups is 2. The fraction of sp³-hybridized carbons (Fsp3) is 0.0625. The van der Waals surface area contributed by atoms with Gasteiger partial charge >= 0.3 is 0 Å². The predicted octanol–water partition coefficient (Wildman–Crippen LogP) is 3.36. The van der Waals surface area contributed by atoms with Crippen molar-refractivity contribution in [2.75, 3.05) is 5.32 Å². The van der Waals surface area contributed by atoms with Gasteiger partial charge in [0.25, 0.3) is 0 Å². The van der Waals surface area contributed by atoms with Crippen molar-refractivity contribution in [3.05, 3.63) is 60.6 Å². The van der Waals surface area contributed by atoms with Crippen LogP contribution in [-0.4, -0.2) is 15.2 Å².